The van der Waals surface area contributed by atoms with Crippen molar-refractivity contribution in [3.05, 3.63) is 24.0 Å². The topological polar surface area (TPSA) is 69.9 Å². The van der Waals surface area contributed by atoms with Crippen LogP contribution in [-0.2, 0) is 12.1 Å². The molecular weight excluding hydrogens is 200 g/mol. The van der Waals surface area contributed by atoms with Crippen LogP contribution in [0.5, 0.6) is 0 Å². The number of rotatable bonds is 1. The standard InChI is InChI=1S/C12H18N4/c1-12(2,3)16-7-8(5-13)10-4-9(14)6-15-11(10)16/h4,6-7H,5,13-14H2,1-3H3. The number of anilines is 1. The minimum atomic E-state index is -0.00517. The van der Waals surface area contributed by atoms with Crippen LogP contribution in [0.25, 0.3) is 11.0 Å². The Balaban J connectivity index is 2.78. The zero-order valence-electron chi connectivity index (χ0n) is 9.99. The summed E-state index contributed by atoms with van der Waals surface area (Å²) in [6.45, 7) is 6.94. The van der Waals surface area contributed by atoms with Crippen molar-refractivity contribution in [2.45, 2.75) is 32.9 Å². The smallest absolute Gasteiger partial charge is 0.140 e. The first kappa shape index (κ1) is 11.0. The SMILES string of the molecule is CC(C)(C)n1cc(CN)c2cc(N)cnc21. The van der Waals surface area contributed by atoms with Crippen LogP contribution in [0.2, 0.25) is 0 Å². The molecule has 0 aromatic carbocycles. The van der Waals surface area contributed by atoms with Crippen molar-refractivity contribution < 1.29 is 0 Å². The zero-order chi connectivity index (χ0) is 11.9. The maximum atomic E-state index is 5.75. The normalized spacial score (nSPS) is 12.2. The Kier molecular flexibility index (Phi) is 2.39. The van der Waals surface area contributed by atoms with Gasteiger partial charge in [-0.3, -0.25) is 0 Å². The van der Waals surface area contributed by atoms with Crippen LogP contribution < -0.4 is 11.5 Å². The molecule has 4 heteroatoms. The van der Waals surface area contributed by atoms with Gasteiger partial charge in [-0.25, -0.2) is 4.98 Å². The third kappa shape index (κ3) is 1.65. The number of fused-ring (bicyclic) bond motifs is 1. The zero-order valence-corrected chi connectivity index (χ0v) is 9.99. The Labute approximate surface area is 95.3 Å². The van der Waals surface area contributed by atoms with E-state index in [2.05, 4.69) is 36.5 Å². The molecule has 2 heterocycles. The molecule has 0 unspecified atom stereocenters. The minimum absolute atomic E-state index is 0.00517. The van der Waals surface area contributed by atoms with Gasteiger partial charge in [0.05, 0.1) is 11.9 Å². The second kappa shape index (κ2) is 3.49. The van der Waals surface area contributed by atoms with Crippen LogP contribution in [-0.4, -0.2) is 9.55 Å². The highest BCUT2D eigenvalue weighted by Crippen LogP contribution is 2.27. The largest absolute Gasteiger partial charge is 0.397 e. The van der Waals surface area contributed by atoms with Crippen molar-refractivity contribution in [2.75, 3.05) is 5.73 Å². The molecular formula is C12H18N4. The average molecular weight is 218 g/mol. The molecule has 4 N–H and O–H groups in total. The lowest BCUT2D eigenvalue weighted by molar-refractivity contribution is 0.408. The second-order valence-electron chi connectivity index (χ2n) is 5.04. The summed E-state index contributed by atoms with van der Waals surface area (Å²) in [6.07, 6.45) is 3.75. The fraction of sp³-hybridized carbons (Fsp3) is 0.417. The van der Waals surface area contributed by atoms with E-state index >= 15 is 0 Å². The van der Waals surface area contributed by atoms with Crippen molar-refractivity contribution in [1.29, 1.82) is 0 Å². The van der Waals surface area contributed by atoms with Crippen LogP contribution in [0.4, 0.5) is 5.69 Å². The average Bonchev–Trinajstić information content (AvgIpc) is 2.55. The van der Waals surface area contributed by atoms with Crippen LogP contribution in [0.15, 0.2) is 18.5 Å². The molecule has 0 atom stereocenters. The van der Waals surface area contributed by atoms with E-state index in [1.54, 1.807) is 6.20 Å². The Morgan fingerprint density at radius 1 is 1.38 bits per heavy atom. The molecule has 0 saturated carbocycles. The highest BCUT2D eigenvalue weighted by atomic mass is 15.1. The molecule has 2 rings (SSSR count). The molecule has 0 amide bonds. The predicted molar refractivity (Wildman–Crippen MR) is 67.0 cm³/mol. The maximum Gasteiger partial charge on any atom is 0.140 e. The molecule has 86 valence electrons. The van der Waals surface area contributed by atoms with E-state index in [9.17, 15) is 0 Å². The van der Waals surface area contributed by atoms with Gasteiger partial charge in [0, 0.05) is 23.7 Å². The van der Waals surface area contributed by atoms with E-state index in [0.717, 1.165) is 16.6 Å². The molecule has 0 aliphatic heterocycles. The van der Waals surface area contributed by atoms with Gasteiger partial charge in [-0.05, 0) is 32.4 Å². The van der Waals surface area contributed by atoms with Crippen molar-refractivity contribution >= 4 is 16.7 Å². The van der Waals surface area contributed by atoms with E-state index in [4.69, 9.17) is 11.5 Å². The molecule has 0 aliphatic rings. The predicted octanol–water partition coefficient (Wildman–Crippen LogP) is 1.83. The molecule has 2 aromatic rings. The maximum absolute atomic E-state index is 5.75. The number of hydrogen-bond donors (Lipinski definition) is 2. The molecule has 0 saturated heterocycles. The molecule has 0 radical (unpaired) electrons. The lowest BCUT2D eigenvalue weighted by Gasteiger charge is -2.21. The summed E-state index contributed by atoms with van der Waals surface area (Å²) in [4.78, 5) is 4.40. The summed E-state index contributed by atoms with van der Waals surface area (Å²) < 4.78 is 2.14. The number of nitrogens with zero attached hydrogens (tertiary/aromatic N) is 2. The van der Waals surface area contributed by atoms with E-state index in [-0.39, 0.29) is 5.54 Å². The number of aromatic nitrogens is 2. The first-order valence-electron chi connectivity index (χ1n) is 5.39. The lowest BCUT2D eigenvalue weighted by Crippen LogP contribution is -2.21. The first-order valence-corrected chi connectivity index (χ1v) is 5.39. The van der Waals surface area contributed by atoms with E-state index in [0.29, 0.717) is 12.2 Å². The molecule has 16 heavy (non-hydrogen) atoms. The summed E-state index contributed by atoms with van der Waals surface area (Å²) in [6, 6.07) is 1.94. The van der Waals surface area contributed by atoms with Gasteiger partial charge in [0.25, 0.3) is 0 Å². The van der Waals surface area contributed by atoms with Gasteiger partial charge in [-0.1, -0.05) is 0 Å². The van der Waals surface area contributed by atoms with Crippen LogP contribution >= 0.6 is 0 Å². The van der Waals surface area contributed by atoms with Gasteiger partial charge in [-0.2, -0.15) is 0 Å². The summed E-state index contributed by atoms with van der Waals surface area (Å²) in [7, 11) is 0. The first-order chi connectivity index (χ1) is 7.43. The van der Waals surface area contributed by atoms with E-state index in [1.807, 2.05) is 6.07 Å². The lowest BCUT2D eigenvalue weighted by atomic mass is 10.1. The number of nitrogen functional groups attached to an aromatic ring is 1. The van der Waals surface area contributed by atoms with Crippen LogP contribution in [0.1, 0.15) is 26.3 Å². The van der Waals surface area contributed by atoms with Gasteiger partial charge in [0.1, 0.15) is 5.65 Å². The molecule has 0 spiro atoms. The monoisotopic (exact) mass is 218 g/mol. The van der Waals surface area contributed by atoms with E-state index < -0.39 is 0 Å². The van der Waals surface area contributed by atoms with Crippen molar-refractivity contribution in [3.8, 4) is 0 Å². The Hall–Kier alpha value is -1.55. The van der Waals surface area contributed by atoms with Crippen molar-refractivity contribution in [3.63, 3.8) is 0 Å². The number of pyridine rings is 1. The number of hydrogen-bond acceptors (Lipinski definition) is 3. The van der Waals surface area contributed by atoms with Gasteiger partial charge < -0.3 is 16.0 Å². The Morgan fingerprint density at radius 3 is 2.62 bits per heavy atom. The van der Waals surface area contributed by atoms with Gasteiger partial charge >= 0.3 is 0 Å². The summed E-state index contributed by atoms with van der Waals surface area (Å²) >= 11 is 0. The van der Waals surface area contributed by atoms with E-state index in [1.165, 1.54) is 0 Å². The fourth-order valence-electron chi connectivity index (χ4n) is 1.86. The summed E-state index contributed by atoms with van der Waals surface area (Å²) in [5, 5.41) is 1.05. The Morgan fingerprint density at radius 2 is 2.06 bits per heavy atom. The molecule has 0 bridgehead atoms. The number of nitrogens with two attached hydrogens (primary N) is 2. The van der Waals surface area contributed by atoms with Gasteiger partial charge in [0.15, 0.2) is 0 Å². The van der Waals surface area contributed by atoms with Crippen molar-refractivity contribution in [2.24, 2.45) is 5.73 Å². The Bertz CT molecular complexity index is 520. The second-order valence-corrected chi connectivity index (χ2v) is 5.04. The van der Waals surface area contributed by atoms with Crippen LogP contribution in [0.3, 0.4) is 0 Å². The van der Waals surface area contributed by atoms with Gasteiger partial charge in [0.2, 0.25) is 0 Å². The van der Waals surface area contributed by atoms with Crippen LogP contribution in [0, 0.1) is 0 Å². The molecule has 0 aliphatic carbocycles. The molecule has 4 nitrogen and oxygen atoms in total. The fourth-order valence-corrected chi connectivity index (χ4v) is 1.86. The third-order valence-electron chi connectivity index (χ3n) is 2.69. The van der Waals surface area contributed by atoms with Gasteiger partial charge in [-0.15, -0.1) is 0 Å². The third-order valence-corrected chi connectivity index (χ3v) is 2.69. The highest BCUT2D eigenvalue weighted by molar-refractivity contribution is 5.83. The molecule has 2 aromatic heterocycles. The summed E-state index contributed by atoms with van der Waals surface area (Å²) in [5.41, 5.74) is 14.2. The molecule has 0 fully saturated rings. The highest BCUT2D eigenvalue weighted by Gasteiger charge is 2.18. The van der Waals surface area contributed by atoms with Crippen molar-refractivity contribution in [1.82, 2.24) is 9.55 Å². The summed E-state index contributed by atoms with van der Waals surface area (Å²) in [5.74, 6) is 0. The minimum Gasteiger partial charge on any atom is -0.397 e. The quantitative estimate of drug-likeness (QED) is 0.767.